The molecular weight excluding hydrogens is 403 g/mol. The van der Waals surface area contributed by atoms with E-state index < -0.39 is 0 Å². The van der Waals surface area contributed by atoms with Gasteiger partial charge in [-0.2, -0.15) is 0 Å². The zero-order valence-corrected chi connectivity index (χ0v) is 17.2. The third kappa shape index (κ3) is 4.08. The molecular formula is C22H19FN4O2S. The summed E-state index contributed by atoms with van der Waals surface area (Å²) >= 11 is 1.35. The fraction of sp³-hybridized carbons (Fsp3) is 0.136. The lowest BCUT2D eigenvalue weighted by Gasteiger charge is -2.10. The quantitative estimate of drug-likeness (QED) is 0.501. The maximum Gasteiger partial charge on any atom is 0.272 e. The zero-order chi connectivity index (χ0) is 21.3. The Labute approximate surface area is 176 Å². The number of amides is 1. The molecule has 0 radical (unpaired) electrons. The third-order valence-electron chi connectivity index (χ3n) is 4.61. The number of thiophene rings is 1. The SMILES string of the molecule is CC(=O)Nc1ccc(CNc2nc3cc(-c4ccc(F)cc4)sc3c(=O)n2C)cc1. The molecule has 2 heterocycles. The lowest BCUT2D eigenvalue weighted by atomic mass is 10.2. The van der Waals surface area contributed by atoms with E-state index in [0.29, 0.717) is 22.7 Å². The molecule has 0 saturated carbocycles. The molecule has 0 aliphatic rings. The van der Waals surface area contributed by atoms with Crippen LogP contribution in [0.3, 0.4) is 0 Å². The molecule has 8 heteroatoms. The molecule has 2 N–H and O–H groups in total. The highest BCUT2D eigenvalue weighted by Gasteiger charge is 2.13. The van der Waals surface area contributed by atoms with Crippen LogP contribution in [0.1, 0.15) is 12.5 Å². The van der Waals surface area contributed by atoms with Crippen molar-refractivity contribution >= 4 is 39.1 Å². The summed E-state index contributed by atoms with van der Waals surface area (Å²) in [5.41, 5.74) is 3.02. The van der Waals surface area contributed by atoms with Crippen LogP contribution in [0.2, 0.25) is 0 Å². The third-order valence-corrected chi connectivity index (χ3v) is 5.77. The zero-order valence-electron chi connectivity index (χ0n) is 16.4. The molecule has 0 aliphatic heterocycles. The topological polar surface area (TPSA) is 76.0 Å². The Bertz CT molecular complexity index is 1280. The van der Waals surface area contributed by atoms with Crippen molar-refractivity contribution in [1.29, 1.82) is 0 Å². The van der Waals surface area contributed by atoms with Gasteiger partial charge in [-0.15, -0.1) is 11.3 Å². The number of anilines is 2. The van der Waals surface area contributed by atoms with Crippen LogP contribution in [0.15, 0.2) is 59.4 Å². The average molecular weight is 422 g/mol. The van der Waals surface area contributed by atoms with Crippen LogP contribution in [0.25, 0.3) is 20.7 Å². The molecule has 0 unspecified atom stereocenters. The van der Waals surface area contributed by atoms with Crippen molar-refractivity contribution in [3.63, 3.8) is 0 Å². The van der Waals surface area contributed by atoms with Gasteiger partial charge in [-0.05, 0) is 41.5 Å². The number of carbonyl (C=O) groups excluding carboxylic acids is 1. The number of fused-ring (bicyclic) bond motifs is 1. The van der Waals surface area contributed by atoms with E-state index in [0.717, 1.165) is 21.7 Å². The highest BCUT2D eigenvalue weighted by atomic mass is 32.1. The first-order valence-corrected chi connectivity index (χ1v) is 10.1. The molecule has 0 fully saturated rings. The molecule has 0 atom stereocenters. The van der Waals surface area contributed by atoms with Crippen molar-refractivity contribution in [2.24, 2.45) is 7.05 Å². The van der Waals surface area contributed by atoms with Crippen LogP contribution >= 0.6 is 11.3 Å². The Morgan fingerprint density at radius 2 is 1.83 bits per heavy atom. The van der Waals surface area contributed by atoms with Crippen LogP contribution < -0.4 is 16.2 Å². The van der Waals surface area contributed by atoms with Crippen LogP contribution in [0.4, 0.5) is 16.0 Å². The van der Waals surface area contributed by atoms with Gasteiger partial charge in [-0.1, -0.05) is 24.3 Å². The van der Waals surface area contributed by atoms with Crippen molar-refractivity contribution in [2.45, 2.75) is 13.5 Å². The monoisotopic (exact) mass is 422 g/mol. The van der Waals surface area contributed by atoms with E-state index in [2.05, 4.69) is 15.6 Å². The molecule has 0 bridgehead atoms. The first-order valence-electron chi connectivity index (χ1n) is 9.27. The predicted octanol–water partition coefficient (Wildman–Crippen LogP) is 4.37. The summed E-state index contributed by atoms with van der Waals surface area (Å²) in [4.78, 5) is 29.4. The fourth-order valence-corrected chi connectivity index (χ4v) is 4.14. The largest absolute Gasteiger partial charge is 0.351 e. The van der Waals surface area contributed by atoms with E-state index in [-0.39, 0.29) is 17.3 Å². The van der Waals surface area contributed by atoms with Gasteiger partial charge in [0.05, 0.1) is 5.52 Å². The second-order valence-corrected chi connectivity index (χ2v) is 7.92. The Morgan fingerprint density at radius 3 is 2.50 bits per heavy atom. The Morgan fingerprint density at radius 1 is 1.13 bits per heavy atom. The predicted molar refractivity (Wildman–Crippen MR) is 118 cm³/mol. The van der Waals surface area contributed by atoms with E-state index in [9.17, 15) is 14.0 Å². The minimum Gasteiger partial charge on any atom is -0.351 e. The maximum atomic E-state index is 13.2. The maximum absolute atomic E-state index is 13.2. The molecule has 2 aromatic carbocycles. The smallest absolute Gasteiger partial charge is 0.272 e. The number of aromatic nitrogens is 2. The molecule has 2 aromatic heterocycles. The molecule has 4 rings (SSSR count). The van der Waals surface area contributed by atoms with Crippen LogP contribution in [-0.2, 0) is 18.4 Å². The summed E-state index contributed by atoms with van der Waals surface area (Å²) in [6.45, 7) is 1.94. The summed E-state index contributed by atoms with van der Waals surface area (Å²) in [5, 5.41) is 5.92. The summed E-state index contributed by atoms with van der Waals surface area (Å²) in [6.07, 6.45) is 0. The molecule has 4 aromatic rings. The number of hydrogen-bond donors (Lipinski definition) is 2. The minimum atomic E-state index is -0.300. The number of benzene rings is 2. The second kappa shape index (κ2) is 8.08. The van der Waals surface area contributed by atoms with Gasteiger partial charge in [-0.25, -0.2) is 9.37 Å². The summed E-state index contributed by atoms with van der Waals surface area (Å²) in [5.74, 6) is 0.0385. The number of hydrogen-bond acceptors (Lipinski definition) is 5. The highest BCUT2D eigenvalue weighted by Crippen LogP contribution is 2.31. The first-order chi connectivity index (χ1) is 14.4. The minimum absolute atomic E-state index is 0.121. The van der Waals surface area contributed by atoms with Crippen molar-refractivity contribution in [2.75, 3.05) is 10.6 Å². The van der Waals surface area contributed by atoms with E-state index in [1.807, 2.05) is 30.3 Å². The van der Waals surface area contributed by atoms with Gasteiger partial charge in [0.25, 0.3) is 5.56 Å². The fourth-order valence-electron chi connectivity index (χ4n) is 3.06. The molecule has 0 saturated heterocycles. The first kappa shape index (κ1) is 19.8. The normalized spacial score (nSPS) is 10.9. The summed E-state index contributed by atoms with van der Waals surface area (Å²) in [6, 6.07) is 15.5. The number of nitrogens with zero attached hydrogens (tertiary/aromatic N) is 2. The number of rotatable bonds is 5. The summed E-state index contributed by atoms with van der Waals surface area (Å²) in [7, 11) is 1.67. The van der Waals surface area contributed by atoms with Gasteiger partial charge in [0.2, 0.25) is 11.9 Å². The molecule has 1 amide bonds. The van der Waals surface area contributed by atoms with E-state index in [1.165, 1.54) is 35.0 Å². The van der Waals surface area contributed by atoms with Crippen molar-refractivity contribution < 1.29 is 9.18 Å². The van der Waals surface area contributed by atoms with Crippen molar-refractivity contribution in [1.82, 2.24) is 9.55 Å². The Balaban J connectivity index is 1.58. The van der Waals surface area contributed by atoms with Crippen molar-refractivity contribution in [3.8, 4) is 10.4 Å². The van der Waals surface area contributed by atoms with Gasteiger partial charge in [0, 0.05) is 31.1 Å². The van der Waals surface area contributed by atoms with E-state index >= 15 is 0 Å². The van der Waals surface area contributed by atoms with Gasteiger partial charge in [0.15, 0.2) is 0 Å². The van der Waals surface area contributed by atoms with Gasteiger partial charge in [0.1, 0.15) is 10.5 Å². The Kier molecular flexibility index (Phi) is 5.33. The summed E-state index contributed by atoms with van der Waals surface area (Å²) < 4.78 is 15.2. The van der Waals surface area contributed by atoms with Crippen LogP contribution in [0.5, 0.6) is 0 Å². The number of nitrogens with one attached hydrogen (secondary N) is 2. The van der Waals surface area contributed by atoms with Gasteiger partial charge >= 0.3 is 0 Å². The van der Waals surface area contributed by atoms with Crippen molar-refractivity contribution in [3.05, 3.63) is 76.3 Å². The molecule has 152 valence electrons. The lowest BCUT2D eigenvalue weighted by Crippen LogP contribution is -2.21. The average Bonchev–Trinajstić information content (AvgIpc) is 3.15. The van der Waals surface area contributed by atoms with Gasteiger partial charge < -0.3 is 10.6 Å². The molecule has 30 heavy (non-hydrogen) atoms. The van der Waals surface area contributed by atoms with Crippen LogP contribution in [0, 0.1) is 5.82 Å². The van der Waals surface area contributed by atoms with E-state index in [4.69, 9.17) is 0 Å². The number of halogens is 1. The molecule has 6 nitrogen and oxygen atoms in total. The molecule has 0 aliphatic carbocycles. The highest BCUT2D eigenvalue weighted by molar-refractivity contribution is 7.22. The second-order valence-electron chi connectivity index (χ2n) is 6.86. The van der Waals surface area contributed by atoms with Gasteiger partial charge in [-0.3, -0.25) is 14.2 Å². The van der Waals surface area contributed by atoms with Crippen LogP contribution in [-0.4, -0.2) is 15.5 Å². The number of carbonyl (C=O) groups is 1. The standard InChI is InChI=1S/C22H19FN4O2S/c1-13(28)25-17-9-3-14(4-10-17)12-24-22-26-18-11-19(15-5-7-16(23)8-6-15)30-20(18)21(29)27(22)2/h3-11H,12H2,1-2H3,(H,24,26)(H,25,28). The molecule has 0 spiro atoms. The lowest BCUT2D eigenvalue weighted by molar-refractivity contribution is -0.114. The van der Waals surface area contributed by atoms with E-state index in [1.54, 1.807) is 19.2 Å². The Hall–Kier alpha value is -3.52.